The first-order valence-corrected chi connectivity index (χ1v) is 13.8. The van der Waals surface area contributed by atoms with Crippen LogP contribution in [-0.4, -0.2) is 27.5 Å². The lowest BCUT2D eigenvalue weighted by atomic mass is 9.87. The normalized spacial score (nSPS) is 20.4. The van der Waals surface area contributed by atoms with Crippen LogP contribution in [0.3, 0.4) is 0 Å². The van der Waals surface area contributed by atoms with Gasteiger partial charge in [-0.1, -0.05) is 58.5 Å². The lowest BCUT2D eigenvalue weighted by molar-refractivity contribution is -0.122. The summed E-state index contributed by atoms with van der Waals surface area (Å²) in [4.78, 5) is 55.0. The van der Waals surface area contributed by atoms with Gasteiger partial charge in [-0.25, -0.2) is 4.90 Å². The van der Waals surface area contributed by atoms with E-state index in [1.54, 1.807) is 36.4 Å². The van der Waals surface area contributed by atoms with Crippen LogP contribution in [0.15, 0.2) is 81.2 Å². The van der Waals surface area contributed by atoms with E-state index in [4.69, 9.17) is 4.42 Å². The van der Waals surface area contributed by atoms with Crippen LogP contribution in [0.25, 0.3) is 0 Å². The molecule has 2 unspecified atom stereocenters. The van der Waals surface area contributed by atoms with Crippen molar-refractivity contribution < 1.29 is 18.8 Å². The maximum absolute atomic E-state index is 13.8. The number of furan rings is 1. The van der Waals surface area contributed by atoms with Crippen molar-refractivity contribution in [3.05, 3.63) is 98.4 Å². The molecular weight excluding hydrogens is 522 g/mol. The summed E-state index contributed by atoms with van der Waals surface area (Å²) in [6.45, 7) is 3.68. The van der Waals surface area contributed by atoms with Crippen LogP contribution in [0.4, 0.5) is 11.4 Å². The van der Waals surface area contributed by atoms with Gasteiger partial charge in [0.2, 0.25) is 17.7 Å². The van der Waals surface area contributed by atoms with Crippen molar-refractivity contribution in [2.75, 3.05) is 10.2 Å². The number of nitrogens with zero attached hydrogens (tertiary/aromatic N) is 2. The van der Waals surface area contributed by atoms with E-state index >= 15 is 0 Å². The molecule has 1 N–H and O–H groups in total. The minimum atomic E-state index is -0.758. The van der Waals surface area contributed by atoms with Crippen LogP contribution in [0.2, 0.25) is 0 Å². The molecular formula is C28H23N3O5S2. The molecule has 2 aromatic carbocycles. The second kappa shape index (κ2) is 9.45. The van der Waals surface area contributed by atoms with Crippen molar-refractivity contribution >= 4 is 52.2 Å². The number of rotatable bonds is 5. The molecule has 3 amide bonds. The Kier molecular flexibility index (Phi) is 6.08. The maximum atomic E-state index is 13.8. The number of imide groups is 1. The predicted octanol–water partition coefficient (Wildman–Crippen LogP) is 4.55. The van der Waals surface area contributed by atoms with E-state index in [1.807, 2.05) is 38.1 Å². The molecule has 0 spiro atoms. The van der Waals surface area contributed by atoms with Gasteiger partial charge in [-0.3, -0.25) is 23.7 Å². The lowest BCUT2D eigenvalue weighted by Crippen LogP contribution is -2.32. The molecule has 4 aromatic rings. The van der Waals surface area contributed by atoms with Gasteiger partial charge < -0.3 is 9.73 Å². The van der Waals surface area contributed by atoms with Gasteiger partial charge in [0.25, 0.3) is 0 Å². The molecule has 0 radical (unpaired) electrons. The first-order chi connectivity index (χ1) is 18.3. The smallest absolute Gasteiger partial charge is 0.308 e. The van der Waals surface area contributed by atoms with Crippen molar-refractivity contribution in [1.82, 2.24) is 4.57 Å². The van der Waals surface area contributed by atoms with Gasteiger partial charge in [0, 0.05) is 5.69 Å². The Morgan fingerprint density at radius 3 is 2.29 bits per heavy atom. The second-order valence-electron chi connectivity index (χ2n) is 9.44. The van der Waals surface area contributed by atoms with Crippen molar-refractivity contribution in [3.8, 4) is 0 Å². The van der Waals surface area contributed by atoms with Gasteiger partial charge in [0.15, 0.2) is 0 Å². The molecule has 6 rings (SSSR count). The van der Waals surface area contributed by atoms with Crippen molar-refractivity contribution in [3.63, 3.8) is 0 Å². The Morgan fingerprint density at radius 1 is 0.947 bits per heavy atom. The Bertz CT molecular complexity index is 1600. The molecule has 0 aliphatic carbocycles. The van der Waals surface area contributed by atoms with E-state index in [0.717, 1.165) is 22.5 Å². The SMILES string of the molecule is Cc1ccc(NC(=O)Cn2c3c(sc2=O)[C@H](c2ccco2)C2C(=O)N(c4ccc(C)cc4)C(=O)C2S3)cc1. The van der Waals surface area contributed by atoms with E-state index in [-0.39, 0.29) is 29.1 Å². The lowest BCUT2D eigenvalue weighted by Gasteiger charge is -2.29. The van der Waals surface area contributed by atoms with Crippen molar-refractivity contribution in [2.45, 2.75) is 36.6 Å². The zero-order valence-corrected chi connectivity index (χ0v) is 22.2. The Hall–Kier alpha value is -3.89. The number of fused-ring (bicyclic) bond motifs is 2. The summed E-state index contributed by atoms with van der Waals surface area (Å²) >= 11 is 2.17. The fourth-order valence-electron chi connectivity index (χ4n) is 4.96. The van der Waals surface area contributed by atoms with Crippen LogP contribution >= 0.6 is 23.1 Å². The van der Waals surface area contributed by atoms with Crippen LogP contribution in [0.5, 0.6) is 0 Å². The second-order valence-corrected chi connectivity index (χ2v) is 11.6. The zero-order valence-electron chi connectivity index (χ0n) is 20.5. The van der Waals surface area contributed by atoms with E-state index in [0.29, 0.717) is 27.0 Å². The van der Waals surface area contributed by atoms with Gasteiger partial charge in [-0.15, -0.1) is 0 Å². The highest BCUT2D eigenvalue weighted by Crippen LogP contribution is 2.53. The highest BCUT2D eigenvalue weighted by Gasteiger charge is 2.57. The number of anilines is 2. The van der Waals surface area contributed by atoms with Gasteiger partial charge in [-0.2, -0.15) is 0 Å². The molecule has 2 aliphatic rings. The molecule has 38 heavy (non-hydrogen) atoms. The summed E-state index contributed by atoms with van der Waals surface area (Å²) in [7, 11) is 0. The molecule has 2 aliphatic heterocycles. The van der Waals surface area contributed by atoms with Crippen LogP contribution in [-0.2, 0) is 20.9 Å². The topological polar surface area (TPSA) is 102 Å². The molecule has 192 valence electrons. The number of thioether (sulfide) groups is 1. The molecule has 1 fully saturated rings. The van der Waals surface area contributed by atoms with Crippen molar-refractivity contribution in [2.24, 2.45) is 5.92 Å². The third-order valence-corrected chi connectivity index (χ3v) is 9.43. The summed E-state index contributed by atoms with van der Waals surface area (Å²) in [6, 6.07) is 18.1. The number of amides is 3. The first-order valence-electron chi connectivity index (χ1n) is 12.1. The molecule has 4 heterocycles. The van der Waals surface area contributed by atoms with Crippen molar-refractivity contribution in [1.29, 1.82) is 0 Å². The predicted molar refractivity (Wildman–Crippen MR) is 146 cm³/mol. The average molecular weight is 546 g/mol. The number of hydrogen-bond donors (Lipinski definition) is 1. The number of aryl methyl sites for hydroxylation is 2. The Balaban J connectivity index is 1.38. The minimum Gasteiger partial charge on any atom is -0.469 e. The summed E-state index contributed by atoms with van der Waals surface area (Å²) in [6.07, 6.45) is 1.51. The summed E-state index contributed by atoms with van der Waals surface area (Å²) < 4.78 is 7.12. The molecule has 10 heteroatoms. The summed E-state index contributed by atoms with van der Waals surface area (Å²) in [5, 5.41) is 2.59. The molecule has 3 atom stereocenters. The summed E-state index contributed by atoms with van der Waals surface area (Å²) in [5.74, 6) is -1.87. The standard InChI is InChI=1S/C28H23N3O5S2/c1-15-5-9-17(10-6-15)29-20(32)14-30-27-24(38-28(30)35)21(19-4-3-13-36-19)22-23(37-27)26(34)31(25(22)33)18-11-7-16(2)8-12-18/h3-13,21-23H,14H2,1-2H3,(H,29,32)/t21-,22?,23?/m1/s1. The quantitative estimate of drug-likeness (QED) is 0.369. The number of thiazole rings is 1. The van der Waals surface area contributed by atoms with Crippen LogP contribution in [0.1, 0.15) is 27.7 Å². The Labute approximate surface area is 226 Å². The minimum absolute atomic E-state index is 0.211. The third kappa shape index (κ3) is 4.10. The van der Waals surface area contributed by atoms with E-state index in [2.05, 4.69) is 5.32 Å². The molecule has 1 saturated heterocycles. The number of benzene rings is 2. The number of hydrogen-bond acceptors (Lipinski definition) is 7. The number of nitrogens with one attached hydrogen (secondary N) is 1. The number of carbonyl (C=O) groups excluding carboxylic acids is 3. The highest BCUT2D eigenvalue weighted by molar-refractivity contribution is 8.00. The van der Waals surface area contributed by atoms with E-state index in [1.165, 1.54) is 27.5 Å². The monoisotopic (exact) mass is 545 g/mol. The van der Waals surface area contributed by atoms with E-state index < -0.39 is 17.1 Å². The third-order valence-electron chi connectivity index (χ3n) is 6.83. The van der Waals surface area contributed by atoms with E-state index in [9.17, 15) is 19.2 Å². The molecule has 0 bridgehead atoms. The zero-order chi connectivity index (χ0) is 26.6. The van der Waals surface area contributed by atoms with Gasteiger partial charge in [-0.05, 0) is 50.2 Å². The average Bonchev–Trinajstić information content (AvgIpc) is 3.59. The van der Waals surface area contributed by atoms with Gasteiger partial charge in [0.05, 0.1) is 33.7 Å². The molecule has 2 aromatic heterocycles. The highest BCUT2D eigenvalue weighted by atomic mass is 32.2. The molecule has 0 saturated carbocycles. The first kappa shape index (κ1) is 24.4. The van der Waals surface area contributed by atoms with Gasteiger partial charge >= 0.3 is 4.87 Å². The number of aromatic nitrogens is 1. The largest absolute Gasteiger partial charge is 0.469 e. The maximum Gasteiger partial charge on any atom is 0.308 e. The van der Waals surface area contributed by atoms with Gasteiger partial charge in [0.1, 0.15) is 17.6 Å². The summed E-state index contributed by atoms with van der Waals surface area (Å²) in [5.41, 5.74) is 3.22. The van der Waals surface area contributed by atoms with Crippen LogP contribution in [0, 0.1) is 19.8 Å². The fourth-order valence-corrected chi connectivity index (χ4v) is 7.71. The van der Waals surface area contributed by atoms with Crippen LogP contribution < -0.4 is 15.1 Å². The molecule has 8 nitrogen and oxygen atoms in total. The fraction of sp³-hybridized carbons (Fsp3) is 0.214. The number of carbonyl (C=O) groups is 3. The Morgan fingerprint density at radius 2 is 1.63 bits per heavy atom.